The molecule has 0 aromatic rings. The summed E-state index contributed by atoms with van der Waals surface area (Å²) in [5.74, 6) is 1.53. The van der Waals surface area contributed by atoms with Gasteiger partial charge in [0.05, 0.1) is 13.2 Å². The van der Waals surface area contributed by atoms with Crippen molar-refractivity contribution in [3.63, 3.8) is 0 Å². The van der Waals surface area contributed by atoms with Crippen LogP contribution in [0.4, 0.5) is 0 Å². The minimum atomic E-state index is 0.0390. The van der Waals surface area contributed by atoms with Crippen LogP contribution >= 0.6 is 0 Å². The minimum Gasteiger partial charge on any atom is -0.352 e. The molecule has 102 valence electrons. The Morgan fingerprint density at radius 3 is 2.18 bits per heavy atom. The summed E-state index contributed by atoms with van der Waals surface area (Å²) < 4.78 is 11.5. The molecule has 1 aliphatic rings. The SMILES string of the molecule is CC(C)CCC[C@@H](C)CC1OCC(C)(C)CO1. The van der Waals surface area contributed by atoms with Gasteiger partial charge in [-0.25, -0.2) is 0 Å². The molecule has 0 N–H and O–H groups in total. The second-order valence-corrected chi connectivity index (χ2v) is 6.88. The first-order valence-corrected chi connectivity index (χ1v) is 7.12. The van der Waals surface area contributed by atoms with Crippen LogP contribution in [-0.2, 0) is 9.47 Å². The van der Waals surface area contributed by atoms with Crippen molar-refractivity contribution in [2.75, 3.05) is 13.2 Å². The molecule has 1 aliphatic heterocycles. The molecule has 0 aromatic carbocycles. The van der Waals surface area contributed by atoms with E-state index in [1.807, 2.05) is 0 Å². The highest BCUT2D eigenvalue weighted by Crippen LogP contribution is 2.27. The van der Waals surface area contributed by atoms with E-state index in [2.05, 4.69) is 34.6 Å². The molecule has 0 saturated carbocycles. The topological polar surface area (TPSA) is 18.5 Å². The molecule has 0 amide bonds. The average Bonchev–Trinajstić information content (AvgIpc) is 2.21. The lowest BCUT2D eigenvalue weighted by molar-refractivity contribution is -0.227. The molecule has 0 unspecified atom stereocenters. The Hall–Kier alpha value is -0.0800. The van der Waals surface area contributed by atoms with E-state index in [0.717, 1.165) is 25.6 Å². The second kappa shape index (κ2) is 6.75. The standard InChI is InChI=1S/C15H30O2/c1-12(2)7-6-8-13(3)9-14-16-10-15(4,5)11-17-14/h12-14H,6-11H2,1-5H3/t13-/m1/s1. The summed E-state index contributed by atoms with van der Waals surface area (Å²) in [6.07, 6.45) is 5.05. The van der Waals surface area contributed by atoms with Gasteiger partial charge in [0.2, 0.25) is 0 Å². The van der Waals surface area contributed by atoms with Gasteiger partial charge in [-0.1, -0.05) is 53.9 Å². The highest BCUT2D eigenvalue weighted by molar-refractivity contribution is 4.72. The predicted molar refractivity (Wildman–Crippen MR) is 71.9 cm³/mol. The Kier molecular flexibility index (Phi) is 5.94. The number of ether oxygens (including phenoxy) is 2. The monoisotopic (exact) mass is 242 g/mol. The third kappa shape index (κ3) is 6.42. The summed E-state index contributed by atoms with van der Waals surface area (Å²) >= 11 is 0. The molecule has 1 rings (SSSR count). The molecule has 2 heteroatoms. The molecule has 0 aliphatic carbocycles. The Morgan fingerprint density at radius 2 is 1.65 bits per heavy atom. The second-order valence-electron chi connectivity index (χ2n) is 6.88. The van der Waals surface area contributed by atoms with Gasteiger partial charge in [0.15, 0.2) is 6.29 Å². The van der Waals surface area contributed by atoms with E-state index in [9.17, 15) is 0 Å². The molecular formula is C15H30O2. The van der Waals surface area contributed by atoms with E-state index in [4.69, 9.17) is 9.47 Å². The van der Waals surface area contributed by atoms with Crippen molar-refractivity contribution in [2.45, 2.75) is 66.6 Å². The summed E-state index contributed by atoms with van der Waals surface area (Å²) in [4.78, 5) is 0. The van der Waals surface area contributed by atoms with Crippen molar-refractivity contribution in [1.29, 1.82) is 0 Å². The summed E-state index contributed by atoms with van der Waals surface area (Å²) in [5, 5.41) is 0. The number of hydrogen-bond donors (Lipinski definition) is 0. The van der Waals surface area contributed by atoms with Gasteiger partial charge in [-0.05, 0) is 11.8 Å². The molecule has 17 heavy (non-hydrogen) atoms. The summed E-state index contributed by atoms with van der Waals surface area (Å²) in [7, 11) is 0. The van der Waals surface area contributed by atoms with Crippen LogP contribution in [0.2, 0.25) is 0 Å². The van der Waals surface area contributed by atoms with Crippen molar-refractivity contribution in [3.05, 3.63) is 0 Å². The largest absolute Gasteiger partial charge is 0.352 e. The van der Waals surface area contributed by atoms with Gasteiger partial charge in [0.1, 0.15) is 0 Å². The fourth-order valence-corrected chi connectivity index (χ4v) is 2.18. The van der Waals surface area contributed by atoms with Crippen molar-refractivity contribution in [1.82, 2.24) is 0 Å². The van der Waals surface area contributed by atoms with Gasteiger partial charge in [0, 0.05) is 11.8 Å². The van der Waals surface area contributed by atoms with Crippen molar-refractivity contribution < 1.29 is 9.47 Å². The fourth-order valence-electron chi connectivity index (χ4n) is 2.18. The van der Waals surface area contributed by atoms with Crippen molar-refractivity contribution >= 4 is 0 Å². The maximum absolute atomic E-state index is 5.77. The summed E-state index contributed by atoms with van der Waals surface area (Å²) in [6, 6.07) is 0. The molecule has 0 radical (unpaired) electrons. The maximum Gasteiger partial charge on any atom is 0.157 e. The smallest absolute Gasteiger partial charge is 0.157 e. The van der Waals surface area contributed by atoms with Gasteiger partial charge < -0.3 is 9.47 Å². The van der Waals surface area contributed by atoms with Crippen LogP contribution in [0.3, 0.4) is 0 Å². The van der Waals surface area contributed by atoms with E-state index in [1.165, 1.54) is 19.3 Å². The molecular weight excluding hydrogens is 212 g/mol. The zero-order valence-electron chi connectivity index (χ0n) is 12.3. The third-order valence-electron chi connectivity index (χ3n) is 3.39. The molecule has 0 bridgehead atoms. The zero-order chi connectivity index (χ0) is 12.9. The zero-order valence-corrected chi connectivity index (χ0v) is 12.3. The van der Waals surface area contributed by atoms with Crippen LogP contribution in [-0.4, -0.2) is 19.5 Å². The summed E-state index contributed by atoms with van der Waals surface area (Å²) in [5.41, 5.74) is 0.192. The lowest BCUT2D eigenvalue weighted by Gasteiger charge is -2.35. The van der Waals surface area contributed by atoms with Crippen molar-refractivity contribution in [2.24, 2.45) is 17.3 Å². The molecule has 1 atom stereocenters. The Labute approximate surface area is 107 Å². The minimum absolute atomic E-state index is 0.0390. The first kappa shape index (κ1) is 15.0. The summed E-state index contributed by atoms with van der Waals surface area (Å²) in [6.45, 7) is 12.9. The van der Waals surface area contributed by atoms with Crippen LogP contribution in [0.25, 0.3) is 0 Å². The van der Waals surface area contributed by atoms with Crippen LogP contribution < -0.4 is 0 Å². The van der Waals surface area contributed by atoms with Crippen LogP contribution in [0.15, 0.2) is 0 Å². The van der Waals surface area contributed by atoms with Gasteiger partial charge in [-0.3, -0.25) is 0 Å². The van der Waals surface area contributed by atoms with E-state index < -0.39 is 0 Å². The molecule has 1 fully saturated rings. The quantitative estimate of drug-likeness (QED) is 0.693. The molecule has 2 nitrogen and oxygen atoms in total. The lowest BCUT2D eigenvalue weighted by Crippen LogP contribution is -2.38. The molecule has 1 heterocycles. The average molecular weight is 242 g/mol. The van der Waals surface area contributed by atoms with Crippen molar-refractivity contribution in [3.8, 4) is 0 Å². The van der Waals surface area contributed by atoms with Crippen LogP contribution in [0.5, 0.6) is 0 Å². The Bertz CT molecular complexity index is 201. The van der Waals surface area contributed by atoms with Gasteiger partial charge >= 0.3 is 0 Å². The first-order valence-electron chi connectivity index (χ1n) is 7.12. The Morgan fingerprint density at radius 1 is 1.06 bits per heavy atom. The van der Waals surface area contributed by atoms with E-state index in [1.54, 1.807) is 0 Å². The van der Waals surface area contributed by atoms with Crippen LogP contribution in [0, 0.1) is 17.3 Å². The molecule has 1 saturated heterocycles. The Balaban J connectivity index is 2.13. The predicted octanol–water partition coefficient (Wildman–Crippen LogP) is 4.24. The maximum atomic E-state index is 5.77. The highest BCUT2D eigenvalue weighted by Gasteiger charge is 2.28. The highest BCUT2D eigenvalue weighted by atomic mass is 16.7. The molecule has 0 spiro atoms. The number of rotatable bonds is 6. The molecule has 0 aromatic heterocycles. The van der Waals surface area contributed by atoms with Gasteiger partial charge in [-0.15, -0.1) is 0 Å². The van der Waals surface area contributed by atoms with Crippen LogP contribution in [0.1, 0.15) is 60.3 Å². The third-order valence-corrected chi connectivity index (χ3v) is 3.39. The van der Waals surface area contributed by atoms with E-state index in [-0.39, 0.29) is 11.7 Å². The first-order chi connectivity index (χ1) is 7.89. The normalized spacial score (nSPS) is 22.9. The number of hydrogen-bond acceptors (Lipinski definition) is 2. The van der Waals surface area contributed by atoms with E-state index >= 15 is 0 Å². The lowest BCUT2D eigenvalue weighted by atomic mass is 9.94. The fraction of sp³-hybridized carbons (Fsp3) is 1.00. The van der Waals surface area contributed by atoms with E-state index in [0.29, 0.717) is 5.92 Å². The van der Waals surface area contributed by atoms with Gasteiger partial charge in [-0.2, -0.15) is 0 Å². The van der Waals surface area contributed by atoms with Gasteiger partial charge in [0.25, 0.3) is 0 Å².